The summed E-state index contributed by atoms with van der Waals surface area (Å²) in [6.07, 6.45) is 6.89. The van der Waals surface area contributed by atoms with Gasteiger partial charge in [-0.1, -0.05) is 25.4 Å². The number of piperidine rings is 1. The predicted octanol–water partition coefficient (Wildman–Crippen LogP) is 2.33. The Balaban J connectivity index is 2.18. The lowest BCUT2D eigenvalue weighted by atomic mass is 9.60. The maximum Gasteiger partial charge on any atom is 0.236 e. The monoisotopic (exact) mass is 281 g/mol. The number of amidine groups is 1. The molecule has 1 saturated carbocycles. The molecule has 1 aliphatic heterocycles. The fourth-order valence-corrected chi connectivity index (χ4v) is 3.90. The molecule has 1 amide bonds. The third-order valence-corrected chi connectivity index (χ3v) is 4.91. The molecule has 1 unspecified atom stereocenters. The van der Waals surface area contributed by atoms with E-state index in [-0.39, 0.29) is 11.7 Å². The molecule has 0 aromatic rings. The van der Waals surface area contributed by atoms with Gasteiger partial charge in [0.2, 0.25) is 5.91 Å². The summed E-state index contributed by atoms with van der Waals surface area (Å²) in [5, 5.41) is 12.2. The van der Waals surface area contributed by atoms with E-state index in [9.17, 15) is 4.79 Å². The molecule has 1 heterocycles. The van der Waals surface area contributed by atoms with Crippen molar-refractivity contribution in [3.05, 3.63) is 0 Å². The first kappa shape index (κ1) is 15.1. The molecular weight excluding hydrogens is 254 g/mol. The van der Waals surface area contributed by atoms with Crippen molar-refractivity contribution in [2.75, 3.05) is 6.54 Å². The fraction of sp³-hybridized carbons (Fsp3) is 0.867. The number of nitrogens with zero attached hydrogens (tertiary/aromatic N) is 2. The summed E-state index contributed by atoms with van der Waals surface area (Å²) < 4.78 is 0. The molecule has 0 aromatic carbocycles. The summed E-state index contributed by atoms with van der Waals surface area (Å²) in [6, 6.07) is 0.334. The Morgan fingerprint density at radius 2 is 2.15 bits per heavy atom. The Kier molecular flexibility index (Phi) is 4.55. The van der Waals surface area contributed by atoms with Crippen molar-refractivity contribution >= 4 is 11.7 Å². The first-order valence-corrected chi connectivity index (χ1v) is 7.84. The summed E-state index contributed by atoms with van der Waals surface area (Å²) in [5.74, 6) is 0.652. The average molecular weight is 281 g/mol. The molecule has 0 aromatic heterocycles. The quantitative estimate of drug-likeness (QED) is 0.359. The van der Waals surface area contributed by atoms with Gasteiger partial charge >= 0.3 is 0 Å². The zero-order chi connectivity index (χ0) is 14.8. The normalized spacial score (nSPS) is 34.7. The van der Waals surface area contributed by atoms with Gasteiger partial charge in [0.05, 0.1) is 0 Å². The molecule has 1 saturated heterocycles. The summed E-state index contributed by atoms with van der Waals surface area (Å²) >= 11 is 0. The molecule has 1 aliphatic carbocycles. The summed E-state index contributed by atoms with van der Waals surface area (Å²) in [4.78, 5) is 15.0. The molecule has 3 N–H and O–H groups in total. The van der Waals surface area contributed by atoms with Crippen LogP contribution in [0, 0.1) is 11.3 Å². The van der Waals surface area contributed by atoms with Crippen molar-refractivity contribution in [3.63, 3.8) is 0 Å². The zero-order valence-electron chi connectivity index (χ0n) is 12.6. The lowest BCUT2D eigenvalue weighted by Crippen LogP contribution is -2.60. The second kappa shape index (κ2) is 6.02. The van der Waals surface area contributed by atoms with Gasteiger partial charge < -0.3 is 15.8 Å². The molecule has 0 bridgehead atoms. The van der Waals surface area contributed by atoms with Crippen LogP contribution in [-0.4, -0.2) is 34.4 Å². The van der Waals surface area contributed by atoms with Crippen LogP contribution in [-0.2, 0) is 4.79 Å². The predicted molar refractivity (Wildman–Crippen MR) is 78.5 cm³/mol. The van der Waals surface area contributed by atoms with Gasteiger partial charge in [-0.2, -0.15) is 0 Å². The van der Waals surface area contributed by atoms with Gasteiger partial charge in [-0.3, -0.25) is 4.79 Å². The molecule has 20 heavy (non-hydrogen) atoms. The van der Waals surface area contributed by atoms with Crippen LogP contribution in [0.5, 0.6) is 0 Å². The minimum atomic E-state index is -0.739. The molecular formula is C15H27N3O2. The maximum atomic E-state index is 13.0. The summed E-state index contributed by atoms with van der Waals surface area (Å²) in [7, 11) is 0. The standard InChI is InChI=1S/C15H27N3O2/c1-3-6-12-7-4-5-8-18(12)14(19)15(13(16)17-20)9-11(2)10-15/h11-12,20H,3-10H2,1-2H3,(H2,16,17). The number of carbonyl (C=O) groups excluding carboxylic acids is 1. The topological polar surface area (TPSA) is 78.9 Å². The van der Waals surface area contributed by atoms with Gasteiger partial charge in [0, 0.05) is 12.6 Å². The zero-order valence-corrected chi connectivity index (χ0v) is 12.6. The number of carbonyl (C=O) groups is 1. The van der Waals surface area contributed by atoms with Crippen LogP contribution in [0.2, 0.25) is 0 Å². The van der Waals surface area contributed by atoms with Gasteiger partial charge in [-0.15, -0.1) is 0 Å². The van der Waals surface area contributed by atoms with Crippen LogP contribution in [0.1, 0.15) is 58.8 Å². The molecule has 2 aliphatic rings. The van der Waals surface area contributed by atoms with E-state index in [4.69, 9.17) is 10.9 Å². The van der Waals surface area contributed by atoms with E-state index >= 15 is 0 Å². The molecule has 114 valence electrons. The van der Waals surface area contributed by atoms with Crippen LogP contribution in [0.15, 0.2) is 5.16 Å². The Morgan fingerprint density at radius 3 is 2.70 bits per heavy atom. The average Bonchev–Trinajstić information content (AvgIpc) is 2.43. The number of amides is 1. The van der Waals surface area contributed by atoms with E-state index in [0.717, 1.165) is 32.2 Å². The molecule has 5 heteroatoms. The first-order valence-electron chi connectivity index (χ1n) is 7.84. The molecule has 0 spiro atoms. The maximum absolute atomic E-state index is 13.0. The Morgan fingerprint density at radius 1 is 1.45 bits per heavy atom. The summed E-state index contributed by atoms with van der Waals surface area (Å²) in [5.41, 5.74) is 5.12. The van der Waals surface area contributed by atoms with E-state index < -0.39 is 5.41 Å². The van der Waals surface area contributed by atoms with Gasteiger partial charge in [-0.25, -0.2) is 0 Å². The van der Waals surface area contributed by atoms with Gasteiger partial charge in [-0.05, 0) is 44.4 Å². The fourth-order valence-electron chi connectivity index (χ4n) is 3.90. The minimum absolute atomic E-state index is 0.0871. The number of hydrogen-bond donors (Lipinski definition) is 2. The largest absolute Gasteiger partial charge is 0.409 e. The minimum Gasteiger partial charge on any atom is -0.409 e. The van der Waals surface area contributed by atoms with E-state index in [1.165, 1.54) is 6.42 Å². The van der Waals surface area contributed by atoms with Crippen molar-refractivity contribution in [2.45, 2.75) is 64.8 Å². The van der Waals surface area contributed by atoms with Crippen LogP contribution in [0.3, 0.4) is 0 Å². The highest BCUT2D eigenvalue weighted by Gasteiger charge is 2.54. The van der Waals surface area contributed by atoms with Gasteiger partial charge in [0.1, 0.15) is 5.41 Å². The second-order valence-electron chi connectivity index (χ2n) is 6.52. The first-order chi connectivity index (χ1) is 9.55. The van der Waals surface area contributed by atoms with Crippen molar-refractivity contribution < 1.29 is 10.0 Å². The van der Waals surface area contributed by atoms with Crippen molar-refractivity contribution in [2.24, 2.45) is 22.2 Å². The number of rotatable bonds is 4. The van der Waals surface area contributed by atoms with Crippen LogP contribution in [0.4, 0.5) is 0 Å². The van der Waals surface area contributed by atoms with Crippen molar-refractivity contribution in [1.29, 1.82) is 0 Å². The van der Waals surface area contributed by atoms with Crippen molar-refractivity contribution in [3.8, 4) is 0 Å². The SMILES string of the molecule is CCCC1CCCCN1C(=O)C1(C(N)=NO)CC(C)C1. The highest BCUT2D eigenvalue weighted by atomic mass is 16.4. The lowest BCUT2D eigenvalue weighted by Gasteiger charge is -2.49. The number of nitrogens with two attached hydrogens (primary N) is 1. The molecule has 5 nitrogen and oxygen atoms in total. The van der Waals surface area contributed by atoms with Gasteiger partial charge in [0.25, 0.3) is 0 Å². The third kappa shape index (κ3) is 2.50. The Labute approximate surface area is 121 Å². The van der Waals surface area contributed by atoms with E-state index in [1.807, 2.05) is 4.90 Å². The number of oxime groups is 1. The highest BCUT2D eigenvalue weighted by Crippen LogP contribution is 2.47. The van der Waals surface area contributed by atoms with E-state index in [0.29, 0.717) is 24.8 Å². The lowest BCUT2D eigenvalue weighted by molar-refractivity contribution is -0.148. The third-order valence-electron chi connectivity index (χ3n) is 4.91. The van der Waals surface area contributed by atoms with Crippen LogP contribution in [0.25, 0.3) is 0 Å². The van der Waals surface area contributed by atoms with Crippen LogP contribution < -0.4 is 5.73 Å². The molecule has 1 atom stereocenters. The smallest absolute Gasteiger partial charge is 0.236 e. The van der Waals surface area contributed by atoms with Crippen LogP contribution >= 0.6 is 0 Å². The van der Waals surface area contributed by atoms with Gasteiger partial charge in [0.15, 0.2) is 5.84 Å². The van der Waals surface area contributed by atoms with E-state index in [2.05, 4.69) is 19.0 Å². The number of hydrogen-bond acceptors (Lipinski definition) is 3. The van der Waals surface area contributed by atoms with Crippen molar-refractivity contribution in [1.82, 2.24) is 4.90 Å². The Hall–Kier alpha value is -1.26. The molecule has 0 radical (unpaired) electrons. The number of likely N-dealkylation sites (tertiary alicyclic amines) is 1. The summed E-state index contributed by atoms with van der Waals surface area (Å²) in [6.45, 7) is 5.08. The Bertz CT molecular complexity index is 387. The molecule has 2 rings (SSSR count). The highest BCUT2D eigenvalue weighted by molar-refractivity contribution is 6.07. The van der Waals surface area contributed by atoms with E-state index in [1.54, 1.807) is 0 Å². The second-order valence-corrected chi connectivity index (χ2v) is 6.52. The molecule has 2 fully saturated rings.